The zero-order chi connectivity index (χ0) is 10.8. The molecule has 2 bridgehead atoms. The molecule has 0 aliphatic heterocycles. The molecule has 1 N–H and O–H groups in total. The second-order valence-electron chi connectivity index (χ2n) is 5.55. The minimum absolute atomic E-state index is 0.975. The quantitative estimate of drug-likeness (QED) is 0.813. The molecule has 0 amide bonds. The molecule has 16 heavy (non-hydrogen) atoms. The van der Waals surface area contributed by atoms with Crippen LogP contribution in [0.2, 0.25) is 0 Å². The van der Waals surface area contributed by atoms with Crippen LogP contribution in [0.4, 0.5) is 0 Å². The Morgan fingerprint density at radius 1 is 1.06 bits per heavy atom. The first-order valence-electron chi connectivity index (χ1n) is 6.66. The van der Waals surface area contributed by atoms with Crippen molar-refractivity contribution in [2.75, 3.05) is 6.54 Å². The van der Waals surface area contributed by atoms with Crippen LogP contribution >= 0.6 is 0 Å². The first kappa shape index (κ1) is 10.3. The molecule has 2 saturated carbocycles. The van der Waals surface area contributed by atoms with Crippen molar-refractivity contribution in [1.82, 2.24) is 5.32 Å². The summed E-state index contributed by atoms with van der Waals surface area (Å²) in [7, 11) is 0. The lowest BCUT2D eigenvalue weighted by atomic mass is 9.89. The summed E-state index contributed by atoms with van der Waals surface area (Å²) in [6, 6.07) is 10.7. The molecule has 0 radical (unpaired) electrons. The number of benzene rings is 1. The number of nitrogens with one attached hydrogen (secondary N) is 1. The fourth-order valence-corrected chi connectivity index (χ4v) is 3.62. The van der Waals surface area contributed by atoms with Crippen molar-refractivity contribution in [3.05, 3.63) is 35.9 Å². The molecule has 1 aromatic rings. The molecule has 1 aromatic carbocycles. The normalized spacial score (nSPS) is 32.1. The van der Waals surface area contributed by atoms with Gasteiger partial charge >= 0.3 is 0 Å². The van der Waals surface area contributed by atoms with Crippen molar-refractivity contribution in [2.45, 2.75) is 32.2 Å². The van der Waals surface area contributed by atoms with Crippen LogP contribution in [-0.2, 0) is 6.54 Å². The summed E-state index contributed by atoms with van der Waals surface area (Å²) in [6.07, 6.45) is 6.03. The SMILES string of the molecule is c1ccc(CNCC2C[C@@H]3CC[C@H]2C3)cc1. The van der Waals surface area contributed by atoms with E-state index in [1.165, 1.54) is 37.8 Å². The summed E-state index contributed by atoms with van der Waals surface area (Å²) in [5.41, 5.74) is 1.41. The van der Waals surface area contributed by atoms with Gasteiger partial charge in [-0.05, 0) is 49.1 Å². The zero-order valence-electron chi connectivity index (χ0n) is 9.86. The third kappa shape index (κ3) is 2.15. The summed E-state index contributed by atoms with van der Waals surface area (Å²) >= 11 is 0. The lowest BCUT2D eigenvalue weighted by molar-refractivity contribution is 0.318. The van der Waals surface area contributed by atoms with Gasteiger partial charge in [0, 0.05) is 6.54 Å². The number of hydrogen-bond acceptors (Lipinski definition) is 1. The molecule has 2 aliphatic carbocycles. The Labute approximate surface area is 98.3 Å². The van der Waals surface area contributed by atoms with E-state index < -0.39 is 0 Å². The Bertz CT molecular complexity index is 333. The topological polar surface area (TPSA) is 12.0 Å². The van der Waals surface area contributed by atoms with E-state index in [-0.39, 0.29) is 0 Å². The van der Waals surface area contributed by atoms with E-state index in [0.717, 1.165) is 24.3 Å². The van der Waals surface area contributed by atoms with Crippen molar-refractivity contribution in [3.63, 3.8) is 0 Å². The highest BCUT2D eigenvalue weighted by Gasteiger charge is 2.38. The van der Waals surface area contributed by atoms with Gasteiger partial charge in [-0.2, -0.15) is 0 Å². The standard InChI is InChI=1S/C15H21N/c1-2-4-12(5-3-1)10-16-11-15-9-13-6-7-14(15)8-13/h1-5,13-16H,6-11H2/t13-,14+,15?/m1/s1. The third-order valence-corrected chi connectivity index (χ3v) is 4.46. The molecular formula is C15H21N. The first-order chi connectivity index (χ1) is 7.92. The van der Waals surface area contributed by atoms with E-state index in [2.05, 4.69) is 35.6 Å². The summed E-state index contributed by atoms with van der Waals surface area (Å²) < 4.78 is 0. The van der Waals surface area contributed by atoms with Crippen molar-refractivity contribution in [1.29, 1.82) is 0 Å². The second kappa shape index (κ2) is 4.58. The fourth-order valence-electron chi connectivity index (χ4n) is 3.62. The Kier molecular flexibility index (Phi) is 2.96. The minimum Gasteiger partial charge on any atom is -0.312 e. The van der Waals surface area contributed by atoms with Crippen LogP contribution in [0.3, 0.4) is 0 Å². The van der Waals surface area contributed by atoms with Gasteiger partial charge in [0.2, 0.25) is 0 Å². The summed E-state index contributed by atoms with van der Waals surface area (Å²) in [4.78, 5) is 0. The third-order valence-electron chi connectivity index (χ3n) is 4.46. The summed E-state index contributed by atoms with van der Waals surface area (Å²) in [5, 5.41) is 3.63. The lowest BCUT2D eigenvalue weighted by Gasteiger charge is -2.21. The van der Waals surface area contributed by atoms with Crippen LogP contribution < -0.4 is 5.32 Å². The Morgan fingerprint density at radius 3 is 2.62 bits per heavy atom. The fraction of sp³-hybridized carbons (Fsp3) is 0.600. The van der Waals surface area contributed by atoms with Gasteiger partial charge in [0.25, 0.3) is 0 Å². The van der Waals surface area contributed by atoms with Crippen molar-refractivity contribution in [3.8, 4) is 0 Å². The molecule has 3 rings (SSSR count). The maximum absolute atomic E-state index is 3.63. The molecule has 0 heterocycles. The summed E-state index contributed by atoms with van der Waals surface area (Å²) in [6.45, 7) is 2.27. The molecule has 0 saturated heterocycles. The van der Waals surface area contributed by atoms with Crippen molar-refractivity contribution in [2.24, 2.45) is 17.8 Å². The molecule has 1 heteroatoms. The van der Waals surface area contributed by atoms with E-state index in [1.807, 2.05) is 0 Å². The van der Waals surface area contributed by atoms with Gasteiger partial charge in [-0.1, -0.05) is 36.8 Å². The predicted molar refractivity (Wildman–Crippen MR) is 67.1 cm³/mol. The van der Waals surface area contributed by atoms with Crippen LogP contribution in [0.25, 0.3) is 0 Å². The van der Waals surface area contributed by atoms with Gasteiger partial charge in [-0.15, -0.1) is 0 Å². The molecule has 86 valence electrons. The van der Waals surface area contributed by atoms with E-state index in [9.17, 15) is 0 Å². The smallest absolute Gasteiger partial charge is 0.0205 e. The highest BCUT2D eigenvalue weighted by Crippen LogP contribution is 2.47. The van der Waals surface area contributed by atoms with E-state index in [1.54, 1.807) is 0 Å². The number of fused-ring (bicyclic) bond motifs is 2. The molecule has 0 aromatic heterocycles. The highest BCUT2D eigenvalue weighted by molar-refractivity contribution is 5.14. The van der Waals surface area contributed by atoms with Crippen LogP contribution in [0.15, 0.2) is 30.3 Å². The highest BCUT2D eigenvalue weighted by atomic mass is 14.9. The van der Waals surface area contributed by atoms with Crippen LogP contribution in [0.5, 0.6) is 0 Å². The van der Waals surface area contributed by atoms with Crippen LogP contribution in [0.1, 0.15) is 31.2 Å². The van der Waals surface area contributed by atoms with Gasteiger partial charge in [0.15, 0.2) is 0 Å². The average molecular weight is 215 g/mol. The second-order valence-corrected chi connectivity index (χ2v) is 5.55. The molecule has 2 fully saturated rings. The van der Waals surface area contributed by atoms with Gasteiger partial charge in [-0.25, -0.2) is 0 Å². The van der Waals surface area contributed by atoms with E-state index >= 15 is 0 Å². The molecular weight excluding hydrogens is 194 g/mol. The Hall–Kier alpha value is -0.820. The Balaban J connectivity index is 1.44. The largest absolute Gasteiger partial charge is 0.312 e. The van der Waals surface area contributed by atoms with Crippen LogP contribution in [0, 0.1) is 17.8 Å². The number of rotatable bonds is 4. The predicted octanol–water partition coefficient (Wildman–Crippen LogP) is 3.21. The minimum atomic E-state index is 0.975. The molecule has 3 atom stereocenters. The van der Waals surface area contributed by atoms with Crippen molar-refractivity contribution >= 4 is 0 Å². The van der Waals surface area contributed by atoms with Gasteiger partial charge in [0.1, 0.15) is 0 Å². The zero-order valence-corrected chi connectivity index (χ0v) is 9.86. The van der Waals surface area contributed by atoms with Crippen molar-refractivity contribution < 1.29 is 0 Å². The maximum Gasteiger partial charge on any atom is 0.0205 e. The summed E-state index contributed by atoms with van der Waals surface area (Å²) in [5.74, 6) is 3.10. The van der Waals surface area contributed by atoms with Crippen LogP contribution in [-0.4, -0.2) is 6.54 Å². The van der Waals surface area contributed by atoms with E-state index in [4.69, 9.17) is 0 Å². The average Bonchev–Trinajstić information content (AvgIpc) is 2.92. The maximum atomic E-state index is 3.63. The molecule has 1 unspecified atom stereocenters. The first-order valence-corrected chi connectivity index (χ1v) is 6.66. The molecule has 0 spiro atoms. The monoisotopic (exact) mass is 215 g/mol. The van der Waals surface area contributed by atoms with Gasteiger partial charge < -0.3 is 5.32 Å². The molecule has 1 nitrogen and oxygen atoms in total. The van der Waals surface area contributed by atoms with Gasteiger partial charge in [0.05, 0.1) is 0 Å². The number of hydrogen-bond donors (Lipinski definition) is 1. The van der Waals surface area contributed by atoms with Gasteiger partial charge in [-0.3, -0.25) is 0 Å². The Morgan fingerprint density at radius 2 is 1.94 bits per heavy atom. The van der Waals surface area contributed by atoms with E-state index in [0.29, 0.717) is 0 Å². The lowest BCUT2D eigenvalue weighted by Crippen LogP contribution is -2.26. The molecule has 2 aliphatic rings.